The second-order valence-corrected chi connectivity index (χ2v) is 6.41. The largest absolute Gasteiger partial charge is 0.368 e. The molecular weight excluding hydrogens is 232 g/mol. The number of unbranched alkanes of at least 4 members (excludes halogenated alkanes) is 1. The summed E-state index contributed by atoms with van der Waals surface area (Å²) in [5.41, 5.74) is 4.94. The third-order valence-corrected chi connectivity index (χ3v) is 4.17. The van der Waals surface area contributed by atoms with E-state index in [4.69, 9.17) is 5.73 Å². The number of primary amides is 1. The number of thioether (sulfide) groups is 1. The van der Waals surface area contributed by atoms with Gasteiger partial charge in [-0.3, -0.25) is 4.79 Å². The zero-order chi connectivity index (χ0) is 13.3. The monoisotopic (exact) mass is 260 g/mol. The molecule has 0 radical (unpaired) electrons. The van der Waals surface area contributed by atoms with E-state index >= 15 is 0 Å². The third-order valence-electron chi connectivity index (χ3n) is 2.90. The first-order valence-electron chi connectivity index (χ1n) is 6.62. The highest BCUT2D eigenvalue weighted by molar-refractivity contribution is 7.99. The molecule has 0 saturated heterocycles. The van der Waals surface area contributed by atoms with E-state index in [2.05, 4.69) is 26.1 Å². The first-order valence-corrected chi connectivity index (χ1v) is 7.67. The lowest BCUT2D eigenvalue weighted by Crippen LogP contribution is -2.54. The Bertz CT molecular complexity index is 223. The van der Waals surface area contributed by atoms with Gasteiger partial charge in [-0.1, -0.05) is 27.2 Å². The van der Waals surface area contributed by atoms with E-state index in [9.17, 15) is 4.79 Å². The van der Waals surface area contributed by atoms with Crippen molar-refractivity contribution in [2.24, 2.45) is 5.73 Å². The molecule has 4 heteroatoms. The molecule has 0 aromatic rings. The Labute approximate surface area is 110 Å². The molecule has 0 aromatic carbocycles. The lowest BCUT2D eigenvalue weighted by atomic mass is 9.95. The van der Waals surface area contributed by atoms with Gasteiger partial charge >= 0.3 is 0 Å². The number of nitrogens with one attached hydrogen (secondary N) is 1. The Morgan fingerprint density at radius 2 is 2.06 bits per heavy atom. The maximum absolute atomic E-state index is 11.5. The van der Waals surface area contributed by atoms with Crippen LogP contribution in [-0.4, -0.2) is 29.0 Å². The fourth-order valence-corrected chi connectivity index (χ4v) is 3.03. The predicted molar refractivity (Wildman–Crippen MR) is 77.3 cm³/mol. The molecule has 0 saturated carbocycles. The van der Waals surface area contributed by atoms with Crippen LogP contribution >= 0.6 is 11.8 Å². The first kappa shape index (κ1) is 16.8. The molecule has 3 N–H and O–H groups in total. The van der Waals surface area contributed by atoms with Gasteiger partial charge in [0, 0.05) is 5.25 Å². The van der Waals surface area contributed by atoms with Gasteiger partial charge in [0.05, 0.1) is 5.54 Å². The molecule has 0 spiro atoms. The van der Waals surface area contributed by atoms with E-state index in [1.165, 1.54) is 18.6 Å². The van der Waals surface area contributed by atoms with Crippen molar-refractivity contribution >= 4 is 17.7 Å². The summed E-state index contributed by atoms with van der Waals surface area (Å²) >= 11 is 1.93. The number of hydrogen-bond donors (Lipinski definition) is 2. The van der Waals surface area contributed by atoms with E-state index in [1.54, 1.807) is 0 Å². The fourth-order valence-electron chi connectivity index (χ4n) is 1.72. The fraction of sp³-hybridized carbons (Fsp3) is 0.923. The third kappa shape index (κ3) is 6.94. The molecule has 2 atom stereocenters. The maximum atomic E-state index is 11.5. The molecule has 102 valence electrons. The SMILES string of the molecule is CCCCSC(C)CC(C)(NCCC)C(N)=O. The van der Waals surface area contributed by atoms with Crippen LogP contribution in [0, 0.1) is 0 Å². The highest BCUT2D eigenvalue weighted by Gasteiger charge is 2.31. The summed E-state index contributed by atoms with van der Waals surface area (Å²) in [6, 6.07) is 0. The van der Waals surface area contributed by atoms with Gasteiger partial charge in [0.15, 0.2) is 0 Å². The maximum Gasteiger partial charge on any atom is 0.237 e. The van der Waals surface area contributed by atoms with Crippen LogP contribution in [-0.2, 0) is 4.79 Å². The summed E-state index contributed by atoms with van der Waals surface area (Å²) < 4.78 is 0. The molecule has 17 heavy (non-hydrogen) atoms. The van der Waals surface area contributed by atoms with Crippen LogP contribution in [0.4, 0.5) is 0 Å². The van der Waals surface area contributed by atoms with Crippen LogP contribution in [0.15, 0.2) is 0 Å². The van der Waals surface area contributed by atoms with Gasteiger partial charge in [0.1, 0.15) is 0 Å². The highest BCUT2D eigenvalue weighted by Crippen LogP contribution is 2.22. The smallest absolute Gasteiger partial charge is 0.237 e. The van der Waals surface area contributed by atoms with Gasteiger partial charge in [-0.25, -0.2) is 0 Å². The summed E-state index contributed by atoms with van der Waals surface area (Å²) in [7, 11) is 0. The summed E-state index contributed by atoms with van der Waals surface area (Å²) in [6.07, 6.45) is 4.28. The lowest BCUT2D eigenvalue weighted by Gasteiger charge is -2.30. The van der Waals surface area contributed by atoms with Crippen molar-refractivity contribution < 1.29 is 4.79 Å². The van der Waals surface area contributed by atoms with E-state index < -0.39 is 5.54 Å². The van der Waals surface area contributed by atoms with Crippen LogP contribution in [0.1, 0.15) is 53.4 Å². The molecule has 2 unspecified atom stereocenters. The molecule has 0 aliphatic carbocycles. The molecule has 1 amide bonds. The first-order chi connectivity index (χ1) is 7.96. The van der Waals surface area contributed by atoms with Gasteiger partial charge in [-0.15, -0.1) is 0 Å². The molecule has 0 aliphatic rings. The van der Waals surface area contributed by atoms with Crippen molar-refractivity contribution in [3.63, 3.8) is 0 Å². The average Bonchev–Trinajstić information content (AvgIpc) is 2.26. The Morgan fingerprint density at radius 1 is 1.41 bits per heavy atom. The number of amides is 1. The van der Waals surface area contributed by atoms with Crippen LogP contribution < -0.4 is 11.1 Å². The zero-order valence-corrected chi connectivity index (χ0v) is 12.5. The van der Waals surface area contributed by atoms with Crippen molar-refractivity contribution in [3.05, 3.63) is 0 Å². The van der Waals surface area contributed by atoms with Gasteiger partial charge in [-0.2, -0.15) is 11.8 Å². The van der Waals surface area contributed by atoms with Gasteiger partial charge in [0.2, 0.25) is 5.91 Å². The van der Waals surface area contributed by atoms with E-state index in [0.717, 1.165) is 19.4 Å². The topological polar surface area (TPSA) is 55.1 Å². The van der Waals surface area contributed by atoms with Crippen LogP contribution in [0.3, 0.4) is 0 Å². The number of nitrogens with two attached hydrogens (primary N) is 1. The van der Waals surface area contributed by atoms with Crippen LogP contribution in [0.25, 0.3) is 0 Å². The molecule has 0 bridgehead atoms. The van der Waals surface area contributed by atoms with Gasteiger partial charge in [-0.05, 0) is 38.5 Å². The number of hydrogen-bond acceptors (Lipinski definition) is 3. The summed E-state index contributed by atoms with van der Waals surface area (Å²) in [4.78, 5) is 11.5. The predicted octanol–water partition coefficient (Wildman–Crippen LogP) is 2.54. The molecular formula is C13H28N2OS. The minimum Gasteiger partial charge on any atom is -0.368 e. The quantitative estimate of drug-likeness (QED) is 0.594. The van der Waals surface area contributed by atoms with E-state index in [0.29, 0.717) is 5.25 Å². The molecule has 3 nitrogen and oxygen atoms in total. The molecule has 0 fully saturated rings. The van der Waals surface area contributed by atoms with E-state index in [1.807, 2.05) is 18.7 Å². The second kappa shape index (κ2) is 8.81. The van der Waals surface area contributed by atoms with Crippen LogP contribution in [0.2, 0.25) is 0 Å². The average molecular weight is 260 g/mol. The standard InChI is InChI=1S/C13H28N2OS/c1-5-7-9-17-11(3)10-13(4,12(14)16)15-8-6-2/h11,15H,5-10H2,1-4H3,(H2,14,16). The Kier molecular flexibility index (Phi) is 8.70. The van der Waals surface area contributed by atoms with Crippen LogP contribution in [0.5, 0.6) is 0 Å². The van der Waals surface area contributed by atoms with Gasteiger partial charge in [0.25, 0.3) is 0 Å². The molecule has 0 rings (SSSR count). The Hall–Kier alpha value is -0.220. The highest BCUT2D eigenvalue weighted by atomic mass is 32.2. The molecule has 0 heterocycles. The number of carbonyl (C=O) groups is 1. The van der Waals surface area contributed by atoms with Crippen molar-refractivity contribution in [1.29, 1.82) is 0 Å². The minimum absolute atomic E-state index is 0.242. The zero-order valence-electron chi connectivity index (χ0n) is 11.7. The normalized spacial score (nSPS) is 16.5. The minimum atomic E-state index is -0.561. The lowest BCUT2D eigenvalue weighted by molar-refractivity contribution is -0.124. The summed E-state index contributed by atoms with van der Waals surface area (Å²) in [5, 5.41) is 3.74. The van der Waals surface area contributed by atoms with Crippen molar-refractivity contribution in [2.75, 3.05) is 12.3 Å². The van der Waals surface area contributed by atoms with E-state index in [-0.39, 0.29) is 5.91 Å². The van der Waals surface area contributed by atoms with Crippen molar-refractivity contribution in [2.45, 2.75) is 64.2 Å². The molecule has 0 aliphatic heterocycles. The number of rotatable bonds is 10. The number of carbonyl (C=O) groups excluding carboxylic acids is 1. The Balaban J connectivity index is 4.18. The summed E-state index contributed by atoms with van der Waals surface area (Å²) in [5.74, 6) is 0.925. The van der Waals surface area contributed by atoms with Crippen molar-refractivity contribution in [1.82, 2.24) is 5.32 Å². The van der Waals surface area contributed by atoms with Crippen molar-refractivity contribution in [3.8, 4) is 0 Å². The molecule has 0 aromatic heterocycles. The Morgan fingerprint density at radius 3 is 2.53 bits per heavy atom. The van der Waals surface area contributed by atoms with Gasteiger partial charge < -0.3 is 11.1 Å². The summed E-state index contributed by atoms with van der Waals surface area (Å²) in [6.45, 7) is 9.22. The second-order valence-electron chi connectivity index (χ2n) is 4.86.